The molecule has 0 amide bonds. The summed E-state index contributed by atoms with van der Waals surface area (Å²) < 4.78 is 13.3. The van der Waals surface area contributed by atoms with Crippen LogP contribution in [0.3, 0.4) is 0 Å². The van der Waals surface area contributed by atoms with E-state index in [4.69, 9.17) is 9.47 Å². The van der Waals surface area contributed by atoms with Gasteiger partial charge in [0, 0.05) is 37.4 Å². The molecule has 0 N–H and O–H groups in total. The van der Waals surface area contributed by atoms with E-state index in [1.807, 2.05) is 32.4 Å². The Hall–Kier alpha value is -2.89. The van der Waals surface area contributed by atoms with Gasteiger partial charge in [-0.25, -0.2) is 0 Å². The summed E-state index contributed by atoms with van der Waals surface area (Å²) in [5.74, 6) is 0.365. The quantitative estimate of drug-likeness (QED) is 0.215. The zero-order valence-electron chi connectivity index (χ0n) is 20.8. The molecule has 2 rings (SSSR count). The summed E-state index contributed by atoms with van der Waals surface area (Å²) in [4.78, 5) is 16.1. The van der Waals surface area contributed by atoms with Gasteiger partial charge in [-0.05, 0) is 43.7 Å². The van der Waals surface area contributed by atoms with Crippen LogP contribution in [0.1, 0.15) is 82.5 Å². The molecule has 6 nitrogen and oxygen atoms in total. The van der Waals surface area contributed by atoms with E-state index in [0.29, 0.717) is 18.7 Å². The SMILES string of the molecule is CCCC(=O)OCO/C(=C(/C)c1ccc(C(C)(C)C)cc1)c1c(/C=N\C)c(C)nn1CC. The monoisotopic (exact) mass is 439 g/mol. The number of carbonyl (C=O) groups is 1. The normalized spacial score (nSPS) is 12.8. The van der Waals surface area contributed by atoms with Gasteiger partial charge in [-0.1, -0.05) is 52.0 Å². The Morgan fingerprint density at radius 1 is 1.16 bits per heavy atom. The number of allylic oxidation sites excluding steroid dienone is 1. The number of aryl methyl sites for hydroxylation is 2. The lowest BCUT2D eigenvalue weighted by atomic mass is 9.86. The lowest BCUT2D eigenvalue weighted by Gasteiger charge is -2.20. The topological polar surface area (TPSA) is 65.7 Å². The van der Waals surface area contributed by atoms with Crippen LogP contribution in [0.15, 0.2) is 29.3 Å². The summed E-state index contributed by atoms with van der Waals surface area (Å²) in [6.45, 7) is 15.1. The van der Waals surface area contributed by atoms with Crippen molar-refractivity contribution >= 4 is 23.5 Å². The molecule has 0 spiro atoms. The molecule has 6 heteroatoms. The van der Waals surface area contributed by atoms with Gasteiger partial charge in [-0.15, -0.1) is 0 Å². The van der Waals surface area contributed by atoms with Crippen molar-refractivity contribution in [1.29, 1.82) is 0 Å². The van der Waals surface area contributed by atoms with Crippen molar-refractivity contribution in [1.82, 2.24) is 9.78 Å². The molecule has 0 aliphatic carbocycles. The number of esters is 1. The van der Waals surface area contributed by atoms with Crippen LogP contribution in [0.25, 0.3) is 11.3 Å². The maximum absolute atomic E-state index is 11.9. The molecule has 174 valence electrons. The fraction of sp³-hybridized carbons (Fsp3) is 0.500. The molecule has 0 saturated carbocycles. The fourth-order valence-corrected chi connectivity index (χ4v) is 3.48. The highest BCUT2D eigenvalue weighted by Crippen LogP contribution is 2.32. The standard InChI is InChI=1S/C26H37N3O3/c1-9-11-23(30)31-17-32-25(24-22(16-27-8)19(4)28-29(24)10-2)18(3)20-12-14-21(15-13-20)26(5,6)7/h12-16H,9-11,17H2,1-8H3/b25-18-,27-16-. The second-order valence-electron chi connectivity index (χ2n) is 8.86. The number of hydrogen-bond donors (Lipinski definition) is 0. The predicted octanol–water partition coefficient (Wildman–Crippen LogP) is 5.76. The maximum Gasteiger partial charge on any atom is 0.308 e. The Balaban J connectivity index is 2.57. The number of nitrogens with zero attached hydrogens (tertiary/aromatic N) is 3. The fourth-order valence-electron chi connectivity index (χ4n) is 3.48. The molecule has 0 aliphatic rings. The molecule has 0 unspecified atom stereocenters. The number of ether oxygens (including phenoxy) is 2. The van der Waals surface area contributed by atoms with Gasteiger partial charge in [0.15, 0.2) is 5.76 Å². The van der Waals surface area contributed by atoms with Crippen LogP contribution in [0, 0.1) is 6.92 Å². The molecular formula is C26H37N3O3. The van der Waals surface area contributed by atoms with Crippen LogP contribution < -0.4 is 0 Å². The zero-order valence-corrected chi connectivity index (χ0v) is 20.8. The van der Waals surface area contributed by atoms with Crippen LogP contribution in [0.5, 0.6) is 0 Å². The Kier molecular flexibility index (Phi) is 8.81. The minimum Gasteiger partial charge on any atom is -0.455 e. The summed E-state index contributed by atoms with van der Waals surface area (Å²) in [6.07, 6.45) is 2.90. The smallest absolute Gasteiger partial charge is 0.308 e. The Bertz CT molecular complexity index is 977. The van der Waals surface area contributed by atoms with E-state index in [1.54, 1.807) is 13.3 Å². The third-order valence-electron chi connectivity index (χ3n) is 5.35. The molecule has 1 heterocycles. The molecule has 0 atom stereocenters. The van der Waals surface area contributed by atoms with Crippen LogP contribution in [0.2, 0.25) is 0 Å². The van der Waals surface area contributed by atoms with Crippen LogP contribution >= 0.6 is 0 Å². The summed E-state index contributed by atoms with van der Waals surface area (Å²) >= 11 is 0. The molecule has 1 aromatic carbocycles. The van der Waals surface area contributed by atoms with Crippen molar-refractivity contribution in [2.24, 2.45) is 4.99 Å². The summed E-state index contributed by atoms with van der Waals surface area (Å²) in [5, 5.41) is 4.67. The molecule has 0 radical (unpaired) electrons. The average molecular weight is 440 g/mol. The van der Waals surface area contributed by atoms with Gasteiger partial charge in [0.25, 0.3) is 0 Å². The molecule has 0 bridgehead atoms. The Morgan fingerprint density at radius 2 is 1.81 bits per heavy atom. The number of carbonyl (C=O) groups excluding carboxylic acids is 1. The van der Waals surface area contributed by atoms with Gasteiger partial charge in [-0.3, -0.25) is 14.5 Å². The van der Waals surface area contributed by atoms with Crippen molar-refractivity contribution in [3.63, 3.8) is 0 Å². The van der Waals surface area contributed by atoms with Crippen LogP contribution in [-0.2, 0) is 26.2 Å². The summed E-state index contributed by atoms with van der Waals surface area (Å²) in [5.41, 5.74) is 5.91. The lowest BCUT2D eigenvalue weighted by Crippen LogP contribution is -2.12. The van der Waals surface area contributed by atoms with Crippen LogP contribution in [0.4, 0.5) is 0 Å². The first kappa shape index (κ1) is 25.4. The van der Waals surface area contributed by atoms with Gasteiger partial charge < -0.3 is 9.47 Å². The first-order chi connectivity index (χ1) is 15.1. The largest absolute Gasteiger partial charge is 0.455 e. The van der Waals surface area contributed by atoms with Gasteiger partial charge >= 0.3 is 5.97 Å². The van der Waals surface area contributed by atoms with E-state index in [9.17, 15) is 4.79 Å². The van der Waals surface area contributed by atoms with E-state index in [2.05, 4.69) is 55.1 Å². The van der Waals surface area contributed by atoms with Crippen molar-refractivity contribution in [2.75, 3.05) is 13.8 Å². The van der Waals surface area contributed by atoms with Crippen molar-refractivity contribution in [3.05, 3.63) is 52.3 Å². The number of benzene rings is 1. The van der Waals surface area contributed by atoms with Gasteiger partial charge in [0.2, 0.25) is 6.79 Å². The molecule has 2 aromatic rings. The van der Waals surface area contributed by atoms with E-state index in [1.165, 1.54) is 5.56 Å². The summed E-state index contributed by atoms with van der Waals surface area (Å²) in [7, 11) is 1.74. The minimum absolute atomic E-state index is 0.0751. The van der Waals surface area contributed by atoms with Crippen molar-refractivity contribution < 1.29 is 14.3 Å². The molecular weight excluding hydrogens is 402 g/mol. The highest BCUT2D eigenvalue weighted by Gasteiger charge is 2.22. The van der Waals surface area contributed by atoms with Crippen LogP contribution in [-0.4, -0.2) is 35.8 Å². The minimum atomic E-state index is -0.269. The van der Waals surface area contributed by atoms with Crippen molar-refractivity contribution in [2.45, 2.75) is 73.3 Å². The maximum atomic E-state index is 11.9. The van der Waals surface area contributed by atoms with Gasteiger partial charge in [0.1, 0.15) is 5.69 Å². The molecule has 32 heavy (non-hydrogen) atoms. The zero-order chi connectivity index (χ0) is 23.9. The predicted molar refractivity (Wildman–Crippen MR) is 131 cm³/mol. The highest BCUT2D eigenvalue weighted by atomic mass is 16.7. The van der Waals surface area contributed by atoms with E-state index in [0.717, 1.165) is 34.5 Å². The third kappa shape index (κ3) is 6.09. The first-order valence-electron chi connectivity index (χ1n) is 11.2. The number of rotatable bonds is 9. The third-order valence-corrected chi connectivity index (χ3v) is 5.35. The van der Waals surface area contributed by atoms with Gasteiger partial charge in [-0.2, -0.15) is 5.10 Å². The average Bonchev–Trinajstić information content (AvgIpc) is 3.06. The molecule has 0 aliphatic heterocycles. The highest BCUT2D eigenvalue weighted by molar-refractivity contribution is 5.94. The molecule has 1 aromatic heterocycles. The van der Waals surface area contributed by atoms with Gasteiger partial charge in [0.05, 0.1) is 5.69 Å². The first-order valence-corrected chi connectivity index (χ1v) is 11.2. The summed E-state index contributed by atoms with van der Waals surface area (Å²) in [6, 6.07) is 8.51. The van der Waals surface area contributed by atoms with E-state index < -0.39 is 0 Å². The van der Waals surface area contributed by atoms with E-state index in [-0.39, 0.29) is 18.2 Å². The molecule has 0 saturated heterocycles. The van der Waals surface area contributed by atoms with Crippen molar-refractivity contribution in [3.8, 4) is 0 Å². The number of aliphatic imine (C=N–C) groups is 1. The second kappa shape index (κ2) is 11.1. The second-order valence-corrected chi connectivity index (χ2v) is 8.86. The lowest BCUT2D eigenvalue weighted by molar-refractivity contribution is -0.151. The molecule has 0 fully saturated rings. The Morgan fingerprint density at radius 3 is 2.34 bits per heavy atom. The number of aromatic nitrogens is 2. The number of hydrogen-bond acceptors (Lipinski definition) is 5. The Labute approximate surface area is 192 Å². The van der Waals surface area contributed by atoms with E-state index >= 15 is 0 Å².